The molecule has 0 aliphatic heterocycles. The number of nitrogens with one attached hydrogen (secondary N) is 1. The zero-order chi connectivity index (χ0) is 14.0. The summed E-state index contributed by atoms with van der Waals surface area (Å²) in [6.45, 7) is 3.94. The Labute approximate surface area is 120 Å². The number of aromatic nitrogens is 3. The van der Waals surface area contributed by atoms with Crippen molar-refractivity contribution in [2.75, 3.05) is 5.32 Å². The molecule has 0 saturated carbocycles. The summed E-state index contributed by atoms with van der Waals surface area (Å²) in [7, 11) is 0. The predicted molar refractivity (Wildman–Crippen MR) is 74.8 cm³/mol. The van der Waals surface area contributed by atoms with Crippen molar-refractivity contribution in [2.24, 2.45) is 0 Å². The first kappa shape index (κ1) is 13.8. The molecule has 2 aromatic rings. The van der Waals surface area contributed by atoms with Crippen molar-refractivity contribution in [2.45, 2.75) is 19.9 Å². The molecule has 19 heavy (non-hydrogen) atoms. The van der Waals surface area contributed by atoms with Gasteiger partial charge in [-0.15, -0.1) is 0 Å². The van der Waals surface area contributed by atoms with Crippen molar-refractivity contribution >= 4 is 34.9 Å². The van der Waals surface area contributed by atoms with Crippen LogP contribution in [0.2, 0.25) is 10.3 Å². The van der Waals surface area contributed by atoms with E-state index in [1.807, 2.05) is 13.8 Å². The van der Waals surface area contributed by atoms with Gasteiger partial charge in [-0.2, -0.15) is 5.10 Å². The summed E-state index contributed by atoms with van der Waals surface area (Å²) in [4.78, 5) is 15.9. The number of amides is 1. The van der Waals surface area contributed by atoms with Crippen LogP contribution >= 0.6 is 23.2 Å². The summed E-state index contributed by atoms with van der Waals surface area (Å²) in [6.07, 6.45) is 1.62. The lowest BCUT2D eigenvalue weighted by Gasteiger charge is -2.12. The Morgan fingerprint density at radius 3 is 2.68 bits per heavy atom. The van der Waals surface area contributed by atoms with Crippen LogP contribution in [0.5, 0.6) is 0 Å². The molecular formula is C12H12Cl2N4O. The van der Waals surface area contributed by atoms with Crippen LogP contribution in [0.25, 0.3) is 0 Å². The minimum Gasteiger partial charge on any atom is -0.307 e. The quantitative estimate of drug-likeness (QED) is 0.883. The van der Waals surface area contributed by atoms with Crippen LogP contribution in [0.1, 0.15) is 30.2 Å². The molecule has 0 bridgehead atoms. The smallest absolute Gasteiger partial charge is 0.259 e. The summed E-state index contributed by atoms with van der Waals surface area (Å²) in [6, 6.07) is 4.91. The summed E-state index contributed by atoms with van der Waals surface area (Å²) in [5, 5.41) is 7.19. The molecule has 2 rings (SSSR count). The predicted octanol–water partition coefficient (Wildman–Crippen LogP) is 3.42. The van der Waals surface area contributed by atoms with E-state index in [1.54, 1.807) is 16.9 Å². The SMILES string of the molecule is CC(C)n1nccc1NC(=O)c1ccc(Cl)nc1Cl. The molecule has 1 amide bonds. The molecule has 2 heterocycles. The summed E-state index contributed by atoms with van der Waals surface area (Å²) in [5.74, 6) is 0.252. The van der Waals surface area contributed by atoms with Crippen molar-refractivity contribution < 1.29 is 4.79 Å². The van der Waals surface area contributed by atoms with Gasteiger partial charge >= 0.3 is 0 Å². The zero-order valence-electron chi connectivity index (χ0n) is 10.4. The first-order chi connectivity index (χ1) is 8.99. The Hall–Kier alpha value is -1.59. The van der Waals surface area contributed by atoms with Gasteiger partial charge in [0.1, 0.15) is 16.1 Å². The molecule has 7 heteroatoms. The van der Waals surface area contributed by atoms with Crippen molar-refractivity contribution in [1.29, 1.82) is 0 Å². The van der Waals surface area contributed by atoms with Gasteiger partial charge in [0.15, 0.2) is 0 Å². The van der Waals surface area contributed by atoms with Gasteiger partial charge in [0.25, 0.3) is 5.91 Å². The van der Waals surface area contributed by atoms with Gasteiger partial charge in [0.2, 0.25) is 0 Å². The number of nitrogens with zero attached hydrogens (tertiary/aromatic N) is 3. The van der Waals surface area contributed by atoms with Crippen LogP contribution < -0.4 is 5.32 Å². The molecule has 2 aromatic heterocycles. The van der Waals surface area contributed by atoms with Gasteiger partial charge in [-0.3, -0.25) is 4.79 Å². The summed E-state index contributed by atoms with van der Waals surface area (Å²) >= 11 is 11.6. The molecule has 0 fully saturated rings. The number of rotatable bonds is 3. The fraction of sp³-hybridized carbons (Fsp3) is 0.250. The van der Waals surface area contributed by atoms with E-state index in [0.717, 1.165) is 0 Å². The maximum atomic E-state index is 12.1. The molecule has 0 atom stereocenters. The topological polar surface area (TPSA) is 59.8 Å². The normalized spacial score (nSPS) is 10.8. The molecular weight excluding hydrogens is 287 g/mol. The number of hydrogen-bond donors (Lipinski definition) is 1. The molecule has 100 valence electrons. The highest BCUT2D eigenvalue weighted by Gasteiger charge is 2.15. The first-order valence-electron chi connectivity index (χ1n) is 5.66. The lowest BCUT2D eigenvalue weighted by molar-refractivity contribution is 0.102. The average molecular weight is 299 g/mol. The largest absolute Gasteiger partial charge is 0.307 e. The molecule has 0 radical (unpaired) electrons. The standard InChI is InChI=1S/C12H12Cl2N4O/c1-7(2)18-10(5-6-15-18)17-12(19)8-3-4-9(13)16-11(8)14/h3-7H,1-2H3,(H,17,19). The van der Waals surface area contributed by atoms with E-state index in [-0.39, 0.29) is 27.8 Å². The van der Waals surface area contributed by atoms with Crippen LogP contribution in [0.15, 0.2) is 24.4 Å². The molecule has 0 aliphatic carbocycles. The van der Waals surface area contributed by atoms with E-state index >= 15 is 0 Å². The fourth-order valence-corrected chi connectivity index (χ4v) is 2.02. The van der Waals surface area contributed by atoms with Gasteiger partial charge in [-0.25, -0.2) is 9.67 Å². The summed E-state index contributed by atoms with van der Waals surface area (Å²) in [5.41, 5.74) is 0.266. The van der Waals surface area contributed by atoms with E-state index < -0.39 is 0 Å². The molecule has 0 aromatic carbocycles. The van der Waals surface area contributed by atoms with Gasteiger partial charge in [-0.1, -0.05) is 23.2 Å². The second-order valence-corrected chi connectivity index (χ2v) is 4.93. The number of carbonyl (C=O) groups is 1. The van der Waals surface area contributed by atoms with Gasteiger partial charge in [0.05, 0.1) is 11.8 Å². The number of pyridine rings is 1. The minimum absolute atomic E-state index is 0.0700. The Bertz CT molecular complexity index is 610. The van der Waals surface area contributed by atoms with Crippen LogP contribution in [0.4, 0.5) is 5.82 Å². The number of halogens is 2. The molecule has 0 unspecified atom stereocenters. The van der Waals surface area contributed by atoms with E-state index in [9.17, 15) is 4.79 Å². The highest BCUT2D eigenvalue weighted by molar-refractivity contribution is 6.35. The third-order valence-electron chi connectivity index (χ3n) is 2.46. The second kappa shape index (κ2) is 5.59. The highest BCUT2D eigenvalue weighted by atomic mass is 35.5. The van der Waals surface area contributed by atoms with E-state index in [4.69, 9.17) is 23.2 Å². The van der Waals surface area contributed by atoms with Gasteiger partial charge < -0.3 is 5.32 Å². The Kier molecular flexibility index (Phi) is 4.07. The number of carbonyl (C=O) groups excluding carboxylic acids is 1. The maximum Gasteiger partial charge on any atom is 0.259 e. The number of hydrogen-bond acceptors (Lipinski definition) is 3. The Morgan fingerprint density at radius 1 is 1.32 bits per heavy atom. The first-order valence-corrected chi connectivity index (χ1v) is 6.41. The van der Waals surface area contributed by atoms with Crippen LogP contribution in [-0.4, -0.2) is 20.7 Å². The van der Waals surface area contributed by atoms with Crippen LogP contribution in [0, 0.1) is 0 Å². The second-order valence-electron chi connectivity index (χ2n) is 4.18. The van der Waals surface area contributed by atoms with Crippen molar-refractivity contribution in [1.82, 2.24) is 14.8 Å². The average Bonchev–Trinajstić information content (AvgIpc) is 2.76. The lowest BCUT2D eigenvalue weighted by Crippen LogP contribution is -2.17. The molecule has 0 spiro atoms. The molecule has 0 aliphatic rings. The lowest BCUT2D eigenvalue weighted by atomic mass is 10.2. The molecule has 1 N–H and O–H groups in total. The van der Waals surface area contributed by atoms with Crippen molar-refractivity contribution in [3.05, 3.63) is 40.3 Å². The minimum atomic E-state index is -0.350. The highest BCUT2D eigenvalue weighted by Crippen LogP contribution is 2.19. The third-order valence-corrected chi connectivity index (χ3v) is 2.96. The maximum absolute atomic E-state index is 12.1. The van der Waals surface area contributed by atoms with Crippen molar-refractivity contribution in [3.8, 4) is 0 Å². The van der Waals surface area contributed by atoms with E-state index in [2.05, 4.69) is 15.4 Å². The Morgan fingerprint density at radius 2 is 2.05 bits per heavy atom. The third kappa shape index (κ3) is 3.05. The van der Waals surface area contributed by atoms with Gasteiger partial charge in [0, 0.05) is 12.1 Å². The zero-order valence-corrected chi connectivity index (χ0v) is 11.9. The van der Waals surface area contributed by atoms with Crippen LogP contribution in [-0.2, 0) is 0 Å². The van der Waals surface area contributed by atoms with E-state index in [1.165, 1.54) is 12.1 Å². The van der Waals surface area contributed by atoms with Crippen LogP contribution in [0.3, 0.4) is 0 Å². The monoisotopic (exact) mass is 298 g/mol. The van der Waals surface area contributed by atoms with Crippen molar-refractivity contribution in [3.63, 3.8) is 0 Å². The number of anilines is 1. The fourth-order valence-electron chi connectivity index (χ4n) is 1.59. The Balaban J connectivity index is 2.23. The molecule has 0 saturated heterocycles. The van der Waals surface area contributed by atoms with Gasteiger partial charge in [-0.05, 0) is 26.0 Å². The molecule has 5 nitrogen and oxygen atoms in total. The van der Waals surface area contributed by atoms with E-state index in [0.29, 0.717) is 5.82 Å². The summed E-state index contributed by atoms with van der Waals surface area (Å²) < 4.78 is 1.70.